The molecule has 7 nitrogen and oxygen atoms in total. The van der Waals surface area contributed by atoms with Crippen molar-refractivity contribution in [3.63, 3.8) is 0 Å². The summed E-state index contributed by atoms with van der Waals surface area (Å²) in [6, 6.07) is 23.7. The minimum Gasteiger partial charge on any atom is -0.492 e. The summed E-state index contributed by atoms with van der Waals surface area (Å²) in [6.07, 6.45) is 1.61. The lowest BCUT2D eigenvalue weighted by Gasteiger charge is -2.13. The summed E-state index contributed by atoms with van der Waals surface area (Å²) in [5.41, 5.74) is 2.34. The summed E-state index contributed by atoms with van der Waals surface area (Å²) in [7, 11) is 0. The number of imide groups is 1. The fraction of sp³-hybridized carbons (Fsp3) is 0.148. The standard InChI is InChI=1S/C27H24N2O5S/c1-19-8-7-12-22(16-19)33-15-14-29-26(31)24(35-27(29)32)17-20-9-5-6-13-23(20)34-18-25(30)28-21-10-3-2-4-11-21/h2-13,16-17H,14-15,18H2,1H3,(H,28,30)/b24-17-. The van der Waals surface area contributed by atoms with Crippen molar-refractivity contribution in [1.82, 2.24) is 4.90 Å². The highest BCUT2D eigenvalue weighted by atomic mass is 32.2. The second kappa shape index (κ2) is 11.4. The molecule has 3 aromatic rings. The van der Waals surface area contributed by atoms with Gasteiger partial charge in [-0.2, -0.15) is 0 Å². The first-order chi connectivity index (χ1) is 17.0. The Morgan fingerprint density at radius 1 is 0.971 bits per heavy atom. The molecular weight excluding hydrogens is 464 g/mol. The van der Waals surface area contributed by atoms with E-state index in [2.05, 4.69) is 5.32 Å². The molecule has 1 aliphatic heterocycles. The number of hydrogen-bond donors (Lipinski definition) is 1. The van der Waals surface area contributed by atoms with Crippen molar-refractivity contribution in [2.45, 2.75) is 6.92 Å². The molecule has 1 N–H and O–H groups in total. The largest absolute Gasteiger partial charge is 0.492 e. The number of hydrogen-bond acceptors (Lipinski definition) is 6. The molecule has 1 fully saturated rings. The van der Waals surface area contributed by atoms with Gasteiger partial charge in [-0.3, -0.25) is 19.3 Å². The first-order valence-electron chi connectivity index (χ1n) is 11.0. The van der Waals surface area contributed by atoms with E-state index in [1.54, 1.807) is 42.5 Å². The number of anilines is 1. The summed E-state index contributed by atoms with van der Waals surface area (Å²) in [6.45, 7) is 2.11. The molecule has 0 saturated carbocycles. The minimum absolute atomic E-state index is 0.147. The first kappa shape index (κ1) is 24.1. The van der Waals surface area contributed by atoms with E-state index in [-0.39, 0.29) is 41.7 Å². The summed E-state index contributed by atoms with van der Waals surface area (Å²) in [4.78, 5) is 39.0. The van der Waals surface area contributed by atoms with Gasteiger partial charge in [0.15, 0.2) is 6.61 Å². The van der Waals surface area contributed by atoms with Crippen LogP contribution in [-0.4, -0.2) is 41.7 Å². The number of rotatable bonds is 9. The molecule has 4 rings (SSSR count). The van der Waals surface area contributed by atoms with Crippen molar-refractivity contribution < 1.29 is 23.9 Å². The number of para-hydroxylation sites is 2. The molecule has 1 heterocycles. The average Bonchev–Trinajstić information content (AvgIpc) is 3.11. The fourth-order valence-corrected chi connectivity index (χ4v) is 4.24. The summed E-state index contributed by atoms with van der Waals surface area (Å²) in [5.74, 6) is 0.435. The number of carbonyl (C=O) groups excluding carboxylic acids is 3. The number of carbonyl (C=O) groups is 3. The van der Waals surface area contributed by atoms with E-state index in [0.29, 0.717) is 22.7 Å². The molecule has 1 saturated heterocycles. The molecular formula is C27H24N2O5S. The van der Waals surface area contributed by atoms with Crippen molar-refractivity contribution in [3.8, 4) is 11.5 Å². The van der Waals surface area contributed by atoms with Crippen LogP contribution in [0.4, 0.5) is 10.5 Å². The topological polar surface area (TPSA) is 84.9 Å². The maximum absolute atomic E-state index is 12.9. The third-order valence-corrected chi connectivity index (χ3v) is 5.98. The zero-order chi connectivity index (χ0) is 24.6. The van der Waals surface area contributed by atoms with Crippen LogP contribution in [-0.2, 0) is 9.59 Å². The molecule has 0 atom stereocenters. The number of ether oxygens (including phenoxy) is 2. The molecule has 35 heavy (non-hydrogen) atoms. The van der Waals surface area contributed by atoms with Gasteiger partial charge in [0.25, 0.3) is 17.1 Å². The molecule has 178 valence electrons. The number of benzene rings is 3. The maximum atomic E-state index is 12.9. The second-order valence-corrected chi connectivity index (χ2v) is 8.73. The Balaban J connectivity index is 1.37. The van der Waals surface area contributed by atoms with E-state index < -0.39 is 0 Å². The van der Waals surface area contributed by atoms with Gasteiger partial charge in [0.2, 0.25) is 0 Å². The highest BCUT2D eigenvalue weighted by Crippen LogP contribution is 2.34. The Hall–Kier alpha value is -4.04. The van der Waals surface area contributed by atoms with Crippen LogP contribution in [0, 0.1) is 6.92 Å². The van der Waals surface area contributed by atoms with Crippen LogP contribution in [0.1, 0.15) is 11.1 Å². The molecule has 8 heteroatoms. The lowest BCUT2D eigenvalue weighted by atomic mass is 10.2. The molecule has 0 aromatic heterocycles. The van der Waals surface area contributed by atoms with E-state index in [0.717, 1.165) is 17.3 Å². The van der Waals surface area contributed by atoms with E-state index in [9.17, 15) is 14.4 Å². The van der Waals surface area contributed by atoms with Crippen molar-refractivity contribution in [3.05, 3.63) is 94.9 Å². The Morgan fingerprint density at radius 2 is 1.74 bits per heavy atom. The Labute approximate surface area is 207 Å². The van der Waals surface area contributed by atoms with E-state index in [4.69, 9.17) is 9.47 Å². The molecule has 0 spiro atoms. The van der Waals surface area contributed by atoms with Crippen LogP contribution < -0.4 is 14.8 Å². The highest BCUT2D eigenvalue weighted by Gasteiger charge is 2.35. The van der Waals surface area contributed by atoms with Gasteiger partial charge in [-0.15, -0.1) is 0 Å². The predicted molar refractivity (Wildman–Crippen MR) is 136 cm³/mol. The molecule has 0 unspecified atom stereocenters. The maximum Gasteiger partial charge on any atom is 0.293 e. The third-order valence-electron chi connectivity index (χ3n) is 5.07. The number of aryl methyl sites for hydroxylation is 1. The fourth-order valence-electron chi connectivity index (χ4n) is 3.39. The van der Waals surface area contributed by atoms with Crippen LogP contribution in [0.5, 0.6) is 11.5 Å². The number of nitrogens with one attached hydrogen (secondary N) is 1. The SMILES string of the molecule is Cc1cccc(OCCN2C(=O)S/C(=C\c3ccccc3OCC(=O)Nc3ccccc3)C2=O)c1. The smallest absolute Gasteiger partial charge is 0.293 e. The zero-order valence-electron chi connectivity index (χ0n) is 19.1. The summed E-state index contributed by atoms with van der Waals surface area (Å²) >= 11 is 0.868. The lowest BCUT2D eigenvalue weighted by Crippen LogP contribution is -2.32. The van der Waals surface area contributed by atoms with Gasteiger partial charge in [0.05, 0.1) is 11.4 Å². The summed E-state index contributed by atoms with van der Waals surface area (Å²) < 4.78 is 11.4. The van der Waals surface area contributed by atoms with Crippen molar-refractivity contribution in [2.75, 3.05) is 25.1 Å². The van der Waals surface area contributed by atoms with Crippen LogP contribution in [0.25, 0.3) is 6.08 Å². The Kier molecular flexibility index (Phi) is 7.84. The quantitative estimate of drug-likeness (QED) is 0.421. The molecule has 3 amide bonds. The van der Waals surface area contributed by atoms with Crippen LogP contribution in [0.15, 0.2) is 83.8 Å². The van der Waals surface area contributed by atoms with Gasteiger partial charge in [-0.25, -0.2) is 0 Å². The van der Waals surface area contributed by atoms with Crippen molar-refractivity contribution >= 4 is 40.6 Å². The van der Waals surface area contributed by atoms with Gasteiger partial charge in [-0.1, -0.05) is 48.5 Å². The molecule has 0 aliphatic carbocycles. The van der Waals surface area contributed by atoms with Gasteiger partial charge < -0.3 is 14.8 Å². The van der Waals surface area contributed by atoms with Crippen LogP contribution in [0.2, 0.25) is 0 Å². The van der Waals surface area contributed by atoms with E-state index >= 15 is 0 Å². The average molecular weight is 489 g/mol. The monoisotopic (exact) mass is 488 g/mol. The molecule has 3 aromatic carbocycles. The second-order valence-electron chi connectivity index (χ2n) is 7.74. The predicted octanol–water partition coefficient (Wildman–Crippen LogP) is 5.13. The molecule has 0 radical (unpaired) electrons. The lowest BCUT2D eigenvalue weighted by molar-refractivity contribution is -0.123. The van der Waals surface area contributed by atoms with E-state index in [1.165, 1.54) is 4.90 Å². The van der Waals surface area contributed by atoms with E-state index in [1.807, 2.05) is 49.4 Å². The highest BCUT2D eigenvalue weighted by molar-refractivity contribution is 8.18. The third kappa shape index (κ3) is 6.51. The normalized spacial score (nSPS) is 14.3. The molecule has 0 bridgehead atoms. The van der Waals surface area contributed by atoms with Gasteiger partial charge in [0.1, 0.15) is 18.1 Å². The molecule has 1 aliphatic rings. The van der Waals surface area contributed by atoms with Crippen LogP contribution in [0.3, 0.4) is 0 Å². The van der Waals surface area contributed by atoms with Crippen LogP contribution >= 0.6 is 11.8 Å². The summed E-state index contributed by atoms with van der Waals surface area (Å²) in [5, 5.41) is 2.40. The van der Waals surface area contributed by atoms with Gasteiger partial charge >= 0.3 is 0 Å². The zero-order valence-corrected chi connectivity index (χ0v) is 19.9. The number of nitrogens with zero attached hydrogens (tertiary/aromatic N) is 1. The first-order valence-corrected chi connectivity index (χ1v) is 11.8. The number of thioether (sulfide) groups is 1. The Morgan fingerprint density at radius 3 is 2.54 bits per heavy atom. The van der Waals surface area contributed by atoms with Gasteiger partial charge in [0, 0.05) is 11.3 Å². The van der Waals surface area contributed by atoms with Crippen molar-refractivity contribution in [1.29, 1.82) is 0 Å². The number of amides is 3. The minimum atomic E-state index is -0.385. The van der Waals surface area contributed by atoms with Gasteiger partial charge in [-0.05, 0) is 60.7 Å². The van der Waals surface area contributed by atoms with Crippen molar-refractivity contribution in [2.24, 2.45) is 0 Å². The Bertz CT molecular complexity index is 1260.